The first-order valence-electron chi connectivity index (χ1n) is 20.3. The second kappa shape index (κ2) is 12.7. The fraction of sp³-hybridized carbons (Fsp3) is 0. The monoisotopic (exact) mass is 763 g/mol. The van der Waals surface area contributed by atoms with Crippen LogP contribution in [0.3, 0.4) is 0 Å². The Morgan fingerprint density at radius 3 is 1.75 bits per heavy atom. The van der Waals surface area contributed by atoms with Crippen molar-refractivity contribution in [2.24, 2.45) is 0 Å². The molecule has 0 unspecified atom stereocenters. The molecule has 5 nitrogen and oxygen atoms in total. The molecule has 60 heavy (non-hydrogen) atoms. The minimum absolute atomic E-state index is 0.698. The fourth-order valence-corrected chi connectivity index (χ4v) is 9.62. The number of benzene rings is 8. The van der Waals surface area contributed by atoms with E-state index in [9.17, 15) is 0 Å². The third-order valence-electron chi connectivity index (χ3n) is 12.3. The highest BCUT2D eigenvalue weighted by Crippen LogP contribution is 2.42. The normalized spacial score (nSPS) is 12.0. The van der Waals surface area contributed by atoms with Gasteiger partial charge in [0.05, 0.1) is 38.8 Å². The standard InChI is InChI=1S/C55H33N5/c1-2-12-34(13-3-1)53-43-20-4-7-21-48(43)57-55(58-53)38-24-25-51-44(30-38)47-33-56-27-26-52(47)59(51)40-17-11-16-37(29-40)35-14-10-15-36(28-35)39-31-45-41-18-5-8-22-49(41)60-50-23-9-6-19-42(50)46(32-39)54(45)60/h1-33H. The molecule has 13 rings (SSSR count). The van der Waals surface area contributed by atoms with Crippen LogP contribution in [-0.2, 0) is 0 Å². The highest BCUT2D eigenvalue weighted by molar-refractivity contribution is 6.24. The molecule has 0 bridgehead atoms. The summed E-state index contributed by atoms with van der Waals surface area (Å²) in [5.41, 5.74) is 15.7. The molecule has 0 radical (unpaired) electrons. The summed E-state index contributed by atoms with van der Waals surface area (Å²) < 4.78 is 4.79. The summed E-state index contributed by atoms with van der Waals surface area (Å²) in [6, 6.07) is 67.5. The minimum Gasteiger partial charge on any atom is -0.309 e. The Bertz CT molecular complexity index is 3760. The summed E-state index contributed by atoms with van der Waals surface area (Å²) in [7, 11) is 0. The van der Waals surface area contributed by atoms with E-state index in [2.05, 4.69) is 184 Å². The van der Waals surface area contributed by atoms with Gasteiger partial charge in [-0.05, 0) is 95.1 Å². The zero-order valence-electron chi connectivity index (χ0n) is 32.3. The molecule has 0 atom stereocenters. The Morgan fingerprint density at radius 2 is 0.967 bits per heavy atom. The van der Waals surface area contributed by atoms with Crippen LogP contribution in [-0.4, -0.2) is 23.9 Å². The van der Waals surface area contributed by atoms with Crippen molar-refractivity contribution >= 4 is 70.8 Å². The van der Waals surface area contributed by atoms with Gasteiger partial charge in [-0.15, -0.1) is 0 Å². The maximum absolute atomic E-state index is 5.18. The van der Waals surface area contributed by atoms with Gasteiger partial charge in [-0.3, -0.25) is 4.98 Å². The molecular formula is C55H33N5. The van der Waals surface area contributed by atoms with Crippen molar-refractivity contribution in [3.05, 3.63) is 200 Å². The number of hydrogen-bond donors (Lipinski definition) is 0. The molecule has 0 saturated carbocycles. The molecule has 0 fully saturated rings. The Kier molecular flexibility index (Phi) is 6.95. The lowest BCUT2D eigenvalue weighted by molar-refractivity contribution is 1.17. The van der Waals surface area contributed by atoms with Gasteiger partial charge in [0.1, 0.15) is 0 Å². The molecule has 5 heterocycles. The molecule has 13 aromatic rings. The first kappa shape index (κ1) is 32.9. The van der Waals surface area contributed by atoms with Crippen LogP contribution >= 0.6 is 0 Å². The first-order chi connectivity index (χ1) is 29.7. The largest absolute Gasteiger partial charge is 0.309 e. The van der Waals surface area contributed by atoms with E-state index in [0.29, 0.717) is 5.82 Å². The van der Waals surface area contributed by atoms with Crippen LogP contribution in [0.4, 0.5) is 0 Å². The molecule has 5 aromatic heterocycles. The van der Waals surface area contributed by atoms with E-state index in [-0.39, 0.29) is 0 Å². The molecule has 0 spiro atoms. The van der Waals surface area contributed by atoms with E-state index in [1.54, 1.807) is 0 Å². The summed E-state index contributed by atoms with van der Waals surface area (Å²) in [6.07, 6.45) is 3.85. The van der Waals surface area contributed by atoms with E-state index in [0.717, 1.165) is 60.8 Å². The highest BCUT2D eigenvalue weighted by atomic mass is 15.0. The Hall–Kier alpha value is -8.15. The van der Waals surface area contributed by atoms with Crippen molar-refractivity contribution in [3.63, 3.8) is 0 Å². The molecule has 8 aromatic carbocycles. The van der Waals surface area contributed by atoms with Gasteiger partial charge in [0.15, 0.2) is 5.82 Å². The number of fused-ring (bicyclic) bond motifs is 10. The Labute approximate surface area is 344 Å². The van der Waals surface area contributed by atoms with Gasteiger partial charge in [-0.1, -0.05) is 115 Å². The van der Waals surface area contributed by atoms with Gasteiger partial charge in [0.2, 0.25) is 0 Å². The third kappa shape index (κ3) is 4.84. The smallest absolute Gasteiger partial charge is 0.160 e. The fourth-order valence-electron chi connectivity index (χ4n) is 9.62. The lowest BCUT2D eigenvalue weighted by atomic mass is 9.96. The topological polar surface area (TPSA) is 48.0 Å². The second-order valence-electron chi connectivity index (χ2n) is 15.7. The lowest BCUT2D eigenvalue weighted by Gasteiger charge is -2.12. The number of rotatable bonds is 5. The first-order valence-corrected chi connectivity index (χ1v) is 20.3. The summed E-state index contributed by atoms with van der Waals surface area (Å²) in [5.74, 6) is 0.698. The maximum atomic E-state index is 5.18. The average Bonchev–Trinajstić information content (AvgIpc) is 3.96. The van der Waals surface area contributed by atoms with E-state index in [1.807, 2.05) is 30.6 Å². The predicted molar refractivity (Wildman–Crippen MR) is 248 cm³/mol. The minimum atomic E-state index is 0.698. The molecule has 0 amide bonds. The van der Waals surface area contributed by atoms with Crippen LogP contribution in [0.15, 0.2) is 200 Å². The van der Waals surface area contributed by atoms with Crippen molar-refractivity contribution in [3.8, 4) is 50.6 Å². The van der Waals surface area contributed by atoms with Crippen molar-refractivity contribution in [1.29, 1.82) is 0 Å². The van der Waals surface area contributed by atoms with Crippen LogP contribution in [0.1, 0.15) is 0 Å². The van der Waals surface area contributed by atoms with E-state index in [4.69, 9.17) is 9.97 Å². The van der Waals surface area contributed by atoms with Crippen LogP contribution in [0.5, 0.6) is 0 Å². The average molecular weight is 764 g/mol. The molecule has 0 saturated heterocycles. The van der Waals surface area contributed by atoms with E-state index >= 15 is 0 Å². The number of hydrogen-bond acceptors (Lipinski definition) is 3. The molecule has 0 aliphatic carbocycles. The van der Waals surface area contributed by atoms with E-state index in [1.165, 1.54) is 54.8 Å². The lowest BCUT2D eigenvalue weighted by Crippen LogP contribution is -1.96. The Morgan fingerprint density at radius 1 is 0.350 bits per heavy atom. The quantitative estimate of drug-likeness (QED) is 0.175. The van der Waals surface area contributed by atoms with Crippen molar-refractivity contribution in [2.75, 3.05) is 0 Å². The zero-order valence-corrected chi connectivity index (χ0v) is 32.3. The second-order valence-corrected chi connectivity index (χ2v) is 15.7. The van der Waals surface area contributed by atoms with Crippen LogP contribution in [0.2, 0.25) is 0 Å². The van der Waals surface area contributed by atoms with Crippen LogP contribution in [0.25, 0.3) is 121 Å². The van der Waals surface area contributed by atoms with Gasteiger partial charge in [0.25, 0.3) is 0 Å². The van der Waals surface area contributed by atoms with Gasteiger partial charge in [-0.2, -0.15) is 0 Å². The van der Waals surface area contributed by atoms with Crippen LogP contribution < -0.4 is 0 Å². The van der Waals surface area contributed by atoms with Crippen molar-refractivity contribution in [1.82, 2.24) is 23.9 Å². The van der Waals surface area contributed by atoms with Crippen LogP contribution in [0, 0.1) is 0 Å². The summed E-state index contributed by atoms with van der Waals surface area (Å²) in [5, 5.41) is 8.36. The SMILES string of the molecule is c1ccc(-c2nc(-c3ccc4c(c3)c3cnccc3n4-c3cccc(-c4cccc(-c5cc6c7ccccc7n7c8ccccc8c(c5)c67)c4)c3)nc3ccccc23)cc1. The maximum Gasteiger partial charge on any atom is 0.160 e. The molecular weight excluding hydrogens is 731 g/mol. The predicted octanol–water partition coefficient (Wildman–Crippen LogP) is 13.9. The number of pyridine rings is 1. The number of aromatic nitrogens is 5. The van der Waals surface area contributed by atoms with Crippen molar-refractivity contribution in [2.45, 2.75) is 0 Å². The molecule has 0 N–H and O–H groups in total. The van der Waals surface area contributed by atoms with Gasteiger partial charge in [-0.25, -0.2) is 9.97 Å². The number of para-hydroxylation sites is 3. The number of nitrogens with zero attached hydrogens (tertiary/aromatic N) is 5. The van der Waals surface area contributed by atoms with Gasteiger partial charge >= 0.3 is 0 Å². The van der Waals surface area contributed by atoms with Gasteiger partial charge < -0.3 is 8.97 Å². The highest BCUT2D eigenvalue weighted by Gasteiger charge is 2.20. The van der Waals surface area contributed by atoms with Gasteiger partial charge in [0, 0.05) is 66.9 Å². The summed E-state index contributed by atoms with van der Waals surface area (Å²) >= 11 is 0. The van der Waals surface area contributed by atoms with E-state index < -0.39 is 0 Å². The third-order valence-corrected chi connectivity index (χ3v) is 12.3. The molecule has 0 aliphatic rings. The van der Waals surface area contributed by atoms with Crippen molar-refractivity contribution < 1.29 is 0 Å². The zero-order chi connectivity index (χ0) is 39.3. The molecule has 278 valence electrons. The molecule has 0 aliphatic heterocycles. The summed E-state index contributed by atoms with van der Waals surface area (Å²) in [6.45, 7) is 0. The summed E-state index contributed by atoms with van der Waals surface area (Å²) in [4.78, 5) is 14.8. The Balaban J connectivity index is 0.934. The molecule has 5 heteroatoms.